The minimum absolute atomic E-state index is 0.0213. The maximum Gasteiger partial charge on any atom is 0.260 e. The Bertz CT molecular complexity index is 940. The summed E-state index contributed by atoms with van der Waals surface area (Å²) in [4.78, 5) is 12.7. The van der Waals surface area contributed by atoms with Gasteiger partial charge in [0.15, 0.2) is 5.75 Å². The van der Waals surface area contributed by atoms with E-state index in [0.29, 0.717) is 16.8 Å². The molecule has 25 heavy (non-hydrogen) atoms. The summed E-state index contributed by atoms with van der Waals surface area (Å²) >= 11 is 0. The van der Waals surface area contributed by atoms with Crippen molar-refractivity contribution in [1.29, 1.82) is 0 Å². The van der Waals surface area contributed by atoms with Crippen LogP contribution in [-0.4, -0.2) is 16.1 Å². The maximum absolute atomic E-state index is 12.7. The Morgan fingerprint density at radius 1 is 0.880 bits per heavy atom. The molecule has 0 aliphatic heterocycles. The van der Waals surface area contributed by atoms with Crippen molar-refractivity contribution in [3.8, 4) is 22.6 Å². The van der Waals surface area contributed by atoms with Crippen LogP contribution in [0.5, 0.6) is 11.5 Å². The molecule has 0 saturated carbocycles. The van der Waals surface area contributed by atoms with Gasteiger partial charge in [-0.25, -0.2) is 0 Å². The molecule has 0 atom stereocenters. The molecule has 126 valence electrons. The second kappa shape index (κ2) is 6.45. The number of nitrogens with two attached hydrogens (primary N) is 2. The molecule has 0 aliphatic carbocycles. The summed E-state index contributed by atoms with van der Waals surface area (Å²) in [7, 11) is 0. The molecule has 0 radical (unpaired) electrons. The second-order valence-electron chi connectivity index (χ2n) is 5.52. The number of hydrogen-bond donors (Lipinski definition) is 5. The number of hydrogen-bond acceptors (Lipinski definition) is 5. The average molecular weight is 335 g/mol. The maximum atomic E-state index is 12.7. The molecule has 1 amide bonds. The summed E-state index contributed by atoms with van der Waals surface area (Å²) in [5, 5.41) is 22.9. The molecule has 0 aliphatic rings. The highest BCUT2D eigenvalue weighted by Crippen LogP contribution is 2.37. The summed E-state index contributed by atoms with van der Waals surface area (Å²) in [5.74, 6) is -0.937. The van der Waals surface area contributed by atoms with Crippen molar-refractivity contribution >= 4 is 23.0 Å². The molecule has 3 aromatic carbocycles. The molecule has 7 N–H and O–H groups in total. The smallest absolute Gasteiger partial charge is 0.260 e. The first-order chi connectivity index (χ1) is 12.0. The zero-order valence-electron chi connectivity index (χ0n) is 13.2. The minimum atomic E-state index is -0.512. The van der Waals surface area contributed by atoms with Crippen LogP contribution in [0.3, 0.4) is 0 Å². The first-order valence-electron chi connectivity index (χ1n) is 7.54. The summed E-state index contributed by atoms with van der Waals surface area (Å²) < 4.78 is 0. The van der Waals surface area contributed by atoms with Crippen LogP contribution in [0.2, 0.25) is 0 Å². The van der Waals surface area contributed by atoms with Gasteiger partial charge in [-0.1, -0.05) is 30.3 Å². The van der Waals surface area contributed by atoms with Gasteiger partial charge < -0.3 is 27.0 Å². The summed E-state index contributed by atoms with van der Waals surface area (Å²) in [5.41, 5.74) is 13.2. The molecule has 6 heteroatoms. The van der Waals surface area contributed by atoms with Crippen LogP contribution in [-0.2, 0) is 0 Å². The van der Waals surface area contributed by atoms with Gasteiger partial charge in [0.05, 0.1) is 16.9 Å². The van der Waals surface area contributed by atoms with Gasteiger partial charge in [0.2, 0.25) is 0 Å². The number of anilines is 3. The van der Waals surface area contributed by atoms with E-state index >= 15 is 0 Å². The third kappa shape index (κ3) is 3.18. The zero-order valence-corrected chi connectivity index (χ0v) is 13.2. The number of rotatable bonds is 3. The molecule has 3 rings (SSSR count). The Morgan fingerprint density at radius 2 is 1.56 bits per heavy atom. The fraction of sp³-hybridized carbons (Fsp3) is 0. The number of phenolic OH excluding ortho intramolecular Hbond substituents is 2. The summed E-state index contributed by atoms with van der Waals surface area (Å²) in [6.45, 7) is 0. The minimum Gasteiger partial charge on any atom is -0.506 e. The fourth-order valence-electron chi connectivity index (χ4n) is 2.50. The van der Waals surface area contributed by atoms with Crippen LogP contribution < -0.4 is 16.8 Å². The molecule has 0 unspecified atom stereocenters. The van der Waals surface area contributed by atoms with Crippen molar-refractivity contribution in [3.63, 3.8) is 0 Å². The number of phenols is 2. The van der Waals surface area contributed by atoms with E-state index in [2.05, 4.69) is 5.32 Å². The molecule has 0 bridgehead atoms. The van der Waals surface area contributed by atoms with Crippen LogP contribution in [0.4, 0.5) is 17.1 Å². The van der Waals surface area contributed by atoms with E-state index in [9.17, 15) is 15.0 Å². The lowest BCUT2D eigenvalue weighted by atomic mass is 9.96. The van der Waals surface area contributed by atoms with E-state index in [1.165, 1.54) is 18.2 Å². The third-order valence-corrected chi connectivity index (χ3v) is 3.81. The molecule has 0 aromatic heterocycles. The first kappa shape index (κ1) is 16.2. The van der Waals surface area contributed by atoms with Gasteiger partial charge in [0, 0.05) is 5.69 Å². The van der Waals surface area contributed by atoms with Crippen molar-refractivity contribution in [2.75, 3.05) is 16.8 Å². The highest BCUT2D eigenvalue weighted by Gasteiger charge is 2.20. The van der Waals surface area contributed by atoms with Crippen LogP contribution in [0.15, 0.2) is 60.7 Å². The Balaban J connectivity index is 2.09. The van der Waals surface area contributed by atoms with Gasteiger partial charge in [-0.3, -0.25) is 4.79 Å². The third-order valence-electron chi connectivity index (χ3n) is 3.81. The fourth-order valence-corrected chi connectivity index (χ4v) is 2.50. The molecule has 0 fully saturated rings. The number of benzene rings is 3. The normalized spacial score (nSPS) is 10.4. The summed E-state index contributed by atoms with van der Waals surface area (Å²) in [6, 6.07) is 16.6. The van der Waals surface area contributed by atoms with Crippen LogP contribution in [0.25, 0.3) is 11.1 Å². The number of nitrogen functional groups attached to an aromatic ring is 2. The SMILES string of the molecule is Nc1ccc(-c2ccc(N)c(O)c2C(=O)Nc2ccccc2)cc1O. The van der Waals surface area contributed by atoms with E-state index in [1.54, 1.807) is 36.4 Å². The molecule has 0 spiro atoms. The molecule has 6 nitrogen and oxygen atoms in total. The standard InChI is InChI=1S/C19H17N3O3/c20-14-8-6-11(10-16(14)23)13-7-9-15(21)18(24)17(13)19(25)22-12-4-2-1-3-5-12/h1-10,23-24H,20-21H2,(H,22,25). The second-order valence-corrected chi connectivity index (χ2v) is 5.52. The predicted octanol–water partition coefficient (Wildman–Crippen LogP) is 3.18. The van der Waals surface area contributed by atoms with Crippen molar-refractivity contribution in [1.82, 2.24) is 0 Å². The van der Waals surface area contributed by atoms with Crippen LogP contribution in [0.1, 0.15) is 10.4 Å². The van der Waals surface area contributed by atoms with E-state index < -0.39 is 5.91 Å². The number of carbonyl (C=O) groups is 1. The lowest BCUT2D eigenvalue weighted by Crippen LogP contribution is -2.14. The van der Waals surface area contributed by atoms with Crippen LogP contribution in [0, 0.1) is 0 Å². The van der Waals surface area contributed by atoms with Gasteiger partial charge in [-0.05, 0) is 41.5 Å². The molecular formula is C19H17N3O3. The predicted molar refractivity (Wildman–Crippen MR) is 98.4 cm³/mol. The van der Waals surface area contributed by atoms with Crippen molar-refractivity contribution in [2.24, 2.45) is 0 Å². The van der Waals surface area contributed by atoms with Gasteiger partial charge in [0.1, 0.15) is 5.75 Å². The monoisotopic (exact) mass is 335 g/mol. The Morgan fingerprint density at radius 3 is 2.24 bits per heavy atom. The highest BCUT2D eigenvalue weighted by molar-refractivity contribution is 6.11. The van der Waals surface area contributed by atoms with E-state index in [-0.39, 0.29) is 28.4 Å². The number of nitrogens with one attached hydrogen (secondary N) is 1. The van der Waals surface area contributed by atoms with Gasteiger partial charge in [-0.2, -0.15) is 0 Å². The zero-order chi connectivity index (χ0) is 18.0. The number of aromatic hydroxyl groups is 2. The van der Waals surface area contributed by atoms with Crippen LogP contribution >= 0.6 is 0 Å². The van der Waals surface area contributed by atoms with Gasteiger partial charge in [0.25, 0.3) is 5.91 Å². The van der Waals surface area contributed by atoms with Crippen molar-refractivity contribution in [2.45, 2.75) is 0 Å². The number of amides is 1. The van der Waals surface area contributed by atoms with Crippen molar-refractivity contribution in [3.05, 3.63) is 66.2 Å². The highest BCUT2D eigenvalue weighted by atomic mass is 16.3. The first-order valence-corrected chi connectivity index (χ1v) is 7.54. The number of para-hydroxylation sites is 1. The molecule has 0 saturated heterocycles. The lowest BCUT2D eigenvalue weighted by molar-refractivity contribution is 0.102. The van der Waals surface area contributed by atoms with E-state index in [1.807, 2.05) is 6.07 Å². The van der Waals surface area contributed by atoms with E-state index in [0.717, 1.165) is 0 Å². The summed E-state index contributed by atoms with van der Waals surface area (Å²) in [6.07, 6.45) is 0. The Kier molecular flexibility index (Phi) is 4.18. The Hall–Kier alpha value is -3.67. The lowest BCUT2D eigenvalue weighted by Gasteiger charge is -2.14. The topological polar surface area (TPSA) is 122 Å². The number of carbonyl (C=O) groups excluding carboxylic acids is 1. The quantitative estimate of drug-likeness (QED) is 0.372. The van der Waals surface area contributed by atoms with Crippen molar-refractivity contribution < 1.29 is 15.0 Å². The van der Waals surface area contributed by atoms with Gasteiger partial charge >= 0.3 is 0 Å². The average Bonchev–Trinajstić information content (AvgIpc) is 2.60. The van der Waals surface area contributed by atoms with E-state index in [4.69, 9.17) is 11.5 Å². The van der Waals surface area contributed by atoms with Gasteiger partial charge in [-0.15, -0.1) is 0 Å². The largest absolute Gasteiger partial charge is 0.506 e. The Labute approximate surface area is 144 Å². The molecule has 3 aromatic rings. The molecule has 0 heterocycles. The molecular weight excluding hydrogens is 318 g/mol.